The lowest BCUT2D eigenvalue weighted by atomic mass is 9.85. The van der Waals surface area contributed by atoms with Gasteiger partial charge in [-0.15, -0.1) is 0 Å². The fourth-order valence-corrected chi connectivity index (χ4v) is 3.77. The highest BCUT2D eigenvalue weighted by Crippen LogP contribution is 2.23. The third kappa shape index (κ3) is 5.95. The van der Waals surface area contributed by atoms with Crippen LogP contribution in [-0.2, 0) is 4.79 Å². The van der Waals surface area contributed by atoms with E-state index in [1.807, 2.05) is 0 Å². The van der Waals surface area contributed by atoms with Gasteiger partial charge in [0.25, 0.3) is 0 Å². The van der Waals surface area contributed by atoms with Gasteiger partial charge >= 0.3 is 0 Å². The van der Waals surface area contributed by atoms with Gasteiger partial charge in [-0.3, -0.25) is 4.79 Å². The van der Waals surface area contributed by atoms with Crippen LogP contribution in [0.25, 0.3) is 0 Å². The maximum Gasteiger partial charge on any atom is 0.223 e. The van der Waals surface area contributed by atoms with Gasteiger partial charge in [0.2, 0.25) is 5.91 Å². The Kier molecular flexibility index (Phi) is 6.97. The number of nitrogens with two attached hydrogens (primary N) is 1. The molecule has 2 aliphatic rings. The molecular formula is C17H33N3O. The summed E-state index contributed by atoms with van der Waals surface area (Å²) in [4.78, 5) is 14.7. The number of nitrogens with one attached hydrogen (secondary N) is 1. The lowest BCUT2D eigenvalue weighted by Gasteiger charge is -2.30. The van der Waals surface area contributed by atoms with Gasteiger partial charge in [0, 0.05) is 25.0 Å². The maximum absolute atomic E-state index is 12.1. The molecule has 1 heterocycles. The predicted molar refractivity (Wildman–Crippen MR) is 87.0 cm³/mol. The van der Waals surface area contributed by atoms with E-state index in [0.29, 0.717) is 0 Å². The van der Waals surface area contributed by atoms with Crippen LogP contribution < -0.4 is 11.1 Å². The van der Waals surface area contributed by atoms with Crippen molar-refractivity contribution in [1.82, 2.24) is 10.2 Å². The molecule has 2 fully saturated rings. The first kappa shape index (κ1) is 16.8. The number of carbonyl (C=O) groups excluding carboxylic acids is 1. The normalized spacial score (nSPS) is 31.0. The summed E-state index contributed by atoms with van der Waals surface area (Å²) in [5.74, 6) is 1.25. The SMILES string of the molecule is CC1CCCN(CCCCNC(=O)C2CCCC(N)C2)C1. The molecule has 0 spiro atoms. The van der Waals surface area contributed by atoms with Crippen molar-refractivity contribution < 1.29 is 4.79 Å². The van der Waals surface area contributed by atoms with E-state index in [9.17, 15) is 4.79 Å². The van der Waals surface area contributed by atoms with Crippen molar-refractivity contribution in [3.8, 4) is 0 Å². The van der Waals surface area contributed by atoms with E-state index in [4.69, 9.17) is 5.73 Å². The Morgan fingerprint density at radius 1 is 1.24 bits per heavy atom. The molecule has 3 N–H and O–H groups in total. The van der Waals surface area contributed by atoms with Crippen molar-refractivity contribution >= 4 is 5.91 Å². The lowest BCUT2D eigenvalue weighted by molar-refractivity contribution is -0.126. The van der Waals surface area contributed by atoms with E-state index in [1.165, 1.54) is 38.9 Å². The molecule has 4 heteroatoms. The quantitative estimate of drug-likeness (QED) is 0.738. The van der Waals surface area contributed by atoms with Crippen molar-refractivity contribution in [2.45, 2.75) is 64.3 Å². The van der Waals surface area contributed by atoms with Crippen molar-refractivity contribution in [3.63, 3.8) is 0 Å². The summed E-state index contributed by atoms with van der Waals surface area (Å²) >= 11 is 0. The molecule has 122 valence electrons. The minimum absolute atomic E-state index is 0.164. The van der Waals surface area contributed by atoms with Crippen molar-refractivity contribution in [2.24, 2.45) is 17.6 Å². The number of piperidine rings is 1. The van der Waals surface area contributed by atoms with Gasteiger partial charge in [0.15, 0.2) is 0 Å². The van der Waals surface area contributed by atoms with Gasteiger partial charge in [-0.05, 0) is 64.0 Å². The van der Waals surface area contributed by atoms with Crippen LogP contribution in [0.4, 0.5) is 0 Å². The van der Waals surface area contributed by atoms with Crippen LogP contribution in [0.5, 0.6) is 0 Å². The van der Waals surface area contributed by atoms with Gasteiger partial charge < -0.3 is 16.0 Å². The van der Waals surface area contributed by atoms with E-state index >= 15 is 0 Å². The molecule has 0 aromatic carbocycles. The van der Waals surface area contributed by atoms with E-state index in [0.717, 1.165) is 44.6 Å². The standard InChI is InChI=1S/C17H33N3O/c1-14-6-5-11-20(13-14)10-3-2-9-19-17(21)15-7-4-8-16(18)12-15/h14-16H,2-13,18H2,1H3,(H,19,21). The Labute approximate surface area is 129 Å². The molecule has 1 saturated heterocycles. The van der Waals surface area contributed by atoms with Gasteiger partial charge in [-0.1, -0.05) is 13.3 Å². The van der Waals surface area contributed by atoms with Crippen molar-refractivity contribution in [3.05, 3.63) is 0 Å². The Bertz CT molecular complexity index is 321. The highest BCUT2D eigenvalue weighted by Gasteiger charge is 2.24. The molecule has 4 nitrogen and oxygen atoms in total. The molecule has 0 aromatic heterocycles. The van der Waals surface area contributed by atoms with Crippen LogP contribution in [0, 0.1) is 11.8 Å². The summed E-state index contributed by atoms with van der Waals surface area (Å²) in [6.07, 6.45) is 9.09. The molecule has 2 rings (SSSR count). The van der Waals surface area contributed by atoms with E-state index in [1.54, 1.807) is 0 Å². The van der Waals surface area contributed by atoms with Crippen molar-refractivity contribution in [2.75, 3.05) is 26.2 Å². The van der Waals surface area contributed by atoms with Gasteiger partial charge in [0.05, 0.1) is 0 Å². The highest BCUT2D eigenvalue weighted by molar-refractivity contribution is 5.78. The minimum Gasteiger partial charge on any atom is -0.356 e. The summed E-state index contributed by atoms with van der Waals surface area (Å²) in [7, 11) is 0. The molecule has 1 aliphatic carbocycles. The van der Waals surface area contributed by atoms with E-state index in [-0.39, 0.29) is 17.9 Å². The molecule has 3 atom stereocenters. The highest BCUT2D eigenvalue weighted by atomic mass is 16.1. The van der Waals surface area contributed by atoms with Crippen LogP contribution in [-0.4, -0.2) is 43.0 Å². The first-order valence-electron chi connectivity index (χ1n) is 8.91. The van der Waals surface area contributed by atoms with Crippen LogP contribution in [0.3, 0.4) is 0 Å². The first-order chi connectivity index (χ1) is 10.1. The third-order valence-electron chi connectivity index (χ3n) is 5.03. The lowest BCUT2D eigenvalue weighted by Crippen LogP contribution is -2.38. The first-order valence-corrected chi connectivity index (χ1v) is 8.91. The fraction of sp³-hybridized carbons (Fsp3) is 0.941. The Morgan fingerprint density at radius 3 is 2.86 bits per heavy atom. The number of amides is 1. The summed E-state index contributed by atoms with van der Waals surface area (Å²) in [6, 6.07) is 0.232. The average Bonchev–Trinajstić information content (AvgIpc) is 2.47. The summed E-state index contributed by atoms with van der Waals surface area (Å²) < 4.78 is 0. The van der Waals surface area contributed by atoms with Crippen molar-refractivity contribution in [1.29, 1.82) is 0 Å². The zero-order valence-electron chi connectivity index (χ0n) is 13.7. The second-order valence-corrected chi connectivity index (χ2v) is 7.17. The average molecular weight is 295 g/mol. The number of rotatable bonds is 6. The van der Waals surface area contributed by atoms with Crippen LogP contribution in [0.15, 0.2) is 0 Å². The minimum atomic E-state index is 0.164. The number of likely N-dealkylation sites (tertiary alicyclic amines) is 1. The van der Waals surface area contributed by atoms with Crippen LogP contribution in [0.1, 0.15) is 58.3 Å². The smallest absolute Gasteiger partial charge is 0.223 e. The number of unbranched alkanes of at least 4 members (excludes halogenated alkanes) is 1. The number of nitrogens with zero attached hydrogens (tertiary/aromatic N) is 1. The number of hydrogen-bond acceptors (Lipinski definition) is 3. The molecule has 1 aliphatic heterocycles. The molecule has 1 amide bonds. The molecule has 1 saturated carbocycles. The topological polar surface area (TPSA) is 58.4 Å². The number of carbonyl (C=O) groups is 1. The second kappa shape index (κ2) is 8.74. The predicted octanol–water partition coefficient (Wildman–Crippen LogP) is 2.13. The maximum atomic E-state index is 12.1. The zero-order chi connectivity index (χ0) is 15.1. The van der Waals surface area contributed by atoms with Gasteiger partial charge in [0.1, 0.15) is 0 Å². The Hall–Kier alpha value is -0.610. The van der Waals surface area contributed by atoms with Gasteiger partial charge in [-0.25, -0.2) is 0 Å². The molecule has 0 aromatic rings. The molecule has 0 radical (unpaired) electrons. The van der Waals surface area contributed by atoms with Crippen LogP contribution >= 0.6 is 0 Å². The fourth-order valence-electron chi connectivity index (χ4n) is 3.77. The van der Waals surface area contributed by atoms with Crippen LogP contribution in [0.2, 0.25) is 0 Å². The monoisotopic (exact) mass is 295 g/mol. The summed E-state index contributed by atoms with van der Waals surface area (Å²) in [5, 5.41) is 3.11. The largest absolute Gasteiger partial charge is 0.356 e. The van der Waals surface area contributed by atoms with Gasteiger partial charge in [-0.2, -0.15) is 0 Å². The van der Waals surface area contributed by atoms with E-state index in [2.05, 4.69) is 17.1 Å². The Balaban J connectivity index is 1.52. The third-order valence-corrected chi connectivity index (χ3v) is 5.03. The molecule has 0 bridgehead atoms. The molecule has 21 heavy (non-hydrogen) atoms. The number of hydrogen-bond donors (Lipinski definition) is 2. The molecular weight excluding hydrogens is 262 g/mol. The zero-order valence-corrected chi connectivity index (χ0v) is 13.7. The Morgan fingerprint density at radius 2 is 2.10 bits per heavy atom. The summed E-state index contributed by atoms with van der Waals surface area (Å²) in [5.41, 5.74) is 5.95. The summed E-state index contributed by atoms with van der Waals surface area (Å²) in [6.45, 7) is 6.88. The second-order valence-electron chi connectivity index (χ2n) is 7.17. The van der Waals surface area contributed by atoms with E-state index < -0.39 is 0 Å². The molecule has 3 unspecified atom stereocenters.